The predicted molar refractivity (Wildman–Crippen MR) is 83.9 cm³/mol. The zero-order valence-corrected chi connectivity index (χ0v) is 13.6. The van der Waals surface area contributed by atoms with Crippen LogP contribution in [0.15, 0.2) is 12.3 Å². The Balaban J connectivity index is 1.39. The Bertz CT molecular complexity index is 634. The molecule has 1 aliphatic heterocycles. The van der Waals surface area contributed by atoms with Gasteiger partial charge in [0.15, 0.2) is 0 Å². The average molecular weight is 324 g/mol. The predicted octanol–water partition coefficient (Wildman–Crippen LogP) is 1.26. The molecule has 6 nitrogen and oxygen atoms in total. The van der Waals surface area contributed by atoms with Gasteiger partial charge >= 0.3 is 0 Å². The first-order chi connectivity index (χ1) is 10.6. The summed E-state index contributed by atoms with van der Waals surface area (Å²) in [5.41, 5.74) is 1.26. The van der Waals surface area contributed by atoms with Gasteiger partial charge in [0.25, 0.3) is 0 Å². The number of sulfonamides is 1. The van der Waals surface area contributed by atoms with Crippen molar-refractivity contribution in [2.24, 2.45) is 0 Å². The monoisotopic (exact) mass is 324 g/mol. The third-order valence-corrected chi connectivity index (χ3v) is 7.20. The maximum Gasteiger partial charge on any atom is 0.214 e. The van der Waals surface area contributed by atoms with Crippen molar-refractivity contribution in [3.63, 3.8) is 0 Å². The summed E-state index contributed by atoms with van der Waals surface area (Å²) in [6, 6.07) is 3.09. The van der Waals surface area contributed by atoms with Crippen LogP contribution in [0.4, 0.5) is 0 Å². The maximum absolute atomic E-state index is 11.9. The molecule has 1 aromatic heterocycles. The SMILES string of the molecule is O=S(=O)(NCCC1CN(C2CCC2)Cc2ccnn21)C1CC1. The number of hydrogen-bond donors (Lipinski definition) is 1. The van der Waals surface area contributed by atoms with Crippen LogP contribution >= 0.6 is 0 Å². The van der Waals surface area contributed by atoms with Gasteiger partial charge in [-0.3, -0.25) is 9.58 Å². The zero-order valence-electron chi connectivity index (χ0n) is 12.8. The van der Waals surface area contributed by atoms with Gasteiger partial charge in [-0.1, -0.05) is 6.42 Å². The Morgan fingerprint density at radius 2 is 2.09 bits per heavy atom. The summed E-state index contributed by atoms with van der Waals surface area (Å²) in [5.74, 6) is 0. The van der Waals surface area contributed by atoms with E-state index >= 15 is 0 Å². The van der Waals surface area contributed by atoms with Crippen molar-refractivity contribution in [1.82, 2.24) is 19.4 Å². The highest BCUT2D eigenvalue weighted by molar-refractivity contribution is 7.90. The van der Waals surface area contributed by atoms with Gasteiger partial charge in [0.05, 0.1) is 17.0 Å². The summed E-state index contributed by atoms with van der Waals surface area (Å²) in [5, 5.41) is 4.32. The Morgan fingerprint density at radius 1 is 1.27 bits per heavy atom. The fourth-order valence-corrected chi connectivity index (χ4v) is 4.92. The largest absolute Gasteiger partial charge is 0.292 e. The lowest BCUT2D eigenvalue weighted by Crippen LogP contribution is -2.47. The number of nitrogens with zero attached hydrogens (tertiary/aromatic N) is 3. The molecule has 1 unspecified atom stereocenters. The van der Waals surface area contributed by atoms with Crippen molar-refractivity contribution < 1.29 is 8.42 Å². The molecule has 0 saturated heterocycles. The molecule has 122 valence electrons. The molecule has 4 rings (SSSR count). The first-order valence-corrected chi connectivity index (χ1v) is 9.93. The molecule has 3 aliphatic rings. The summed E-state index contributed by atoms with van der Waals surface area (Å²) in [7, 11) is -3.07. The fraction of sp³-hybridized carbons (Fsp3) is 0.800. The molecule has 0 spiro atoms. The molecule has 22 heavy (non-hydrogen) atoms. The Labute approximate surface area is 131 Å². The molecule has 1 N–H and O–H groups in total. The van der Waals surface area contributed by atoms with Gasteiger partial charge < -0.3 is 0 Å². The third-order valence-electron chi connectivity index (χ3n) is 5.24. The van der Waals surface area contributed by atoms with Crippen LogP contribution in [0.5, 0.6) is 0 Å². The summed E-state index contributed by atoms with van der Waals surface area (Å²) in [4.78, 5) is 2.56. The van der Waals surface area contributed by atoms with Gasteiger partial charge in [-0.2, -0.15) is 5.10 Å². The average Bonchev–Trinajstić information content (AvgIpc) is 3.17. The molecule has 2 fully saturated rings. The highest BCUT2D eigenvalue weighted by atomic mass is 32.2. The van der Waals surface area contributed by atoms with Crippen molar-refractivity contribution in [3.8, 4) is 0 Å². The summed E-state index contributed by atoms with van der Waals surface area (Å²) >= 11 is 0. The first-order valence-electron chi connectivity index (χ1n) is 8.38. The molecule has 0 bridgehead atoms. The van der Waals surface area contributed by atoms with E-state index in [1.165, 1.54) is 25.0 Å². The van der Waals surface area contributed by atoms with E-state index in [0.29, 0.717) is 12.6 Å². The van der Waals surface area contributed by atoms with Crippen LogP contribution in [-0.4, -0.2) is 47.5 Å². The molecule has 2 saturated carbocycles. The van der Waals surface area contributed by atoms with Crippen LogP contribution in [0.25, 0.3) is 0 Å². The van der Waals surface area contributed by atoms with Gasteiger partial charge in [0.1, 0.15) is 0 Å². The van der Waals surface area contributed by atoms with Gasteiger partial charge in [0, 0.05) is 31.9 Å². The van der Waals surface area contributed by atoms with Gasteiger partial charge in [-0.15, -0.1) is 0 Å². The summed E-state index contributed by atoms with van der Waals surface area (Å²) in [6.07, 6.45) is 8.25. The first kappa shape index (κ1) is 14.7. The minimum absolute atomic E-state index is 0.134. The van der Waals surface area contributed by atoms with E-state index in [1.807, 2.05) is 6.20 Å². The number of fused-ring (bicyclic) bond motifs is 1. The van der Waals surface area contributed by atoms with Gasteiger partial charge in [-0.25, -0.2) is 13.1 Å². The van der Waals surface area contributed by atoms with Crippen LogP contribution in [0.3, 0.4) is 0 Å². The third kappa shape index (κ3) is 2.81. The molecule has 1 aromatic rings. The van der Waals surface area contributed by atoms with Crippen molar-refractivity contribution in [2.75, 3.05) is 13.1 Å². The summed E-state index contributed by atoms with van der Waals surface area (Å²) in [6.45, 7) is 2.49. The molecular formula is C15H24N4O2S. The molecule has 0 radical (unpaired) electrons. The fourth-order valence-electron chi connectivity index (χ4n) is 3.52. The number of hydrogen-bond acceptors (Lipinski definition) is 4. The quantitative estimate of drug-likeness (QED) is 0.855. The van der Waals surface area contributed by atoms with Crippen molar-refractivity contribution in [2.45, 2.75) is 62.4 Å². The molecule has 2 aliphatic carbocycles. The molecule has 1 atom stereocenters. The highest BCUT2D eigenvalue weighted by Gasteiger charge is 2.36. The topological polar surface area (TPSA) is 67.2 Å². The normalized spacial score (nSPS) is 26.6. The Morgan fingerprint density at radius 3 is 2.77 bits per heavy atom. The van der Waals surface area contributed by atoms with E-state index in [-0.39, 0.29) is 11.3 Å². The second-order valence-corrected chi connectivity index (χ2v) is 8.91. The highest BCUT2D eigenvalue weighted by Crippen LogP contribution is 2.32. The van der Waals surface area contributed by atoms with E-state index in [9.17, 15) is 8.42 Å². The van der Waals surface area contributed by atoms with Crippen molar-refractivity contribution >= 4 is 10.0 Å². The Hall–Kier alpha value is -0.920. The molecule has 0 amide bonds. The molecule has 2 heterocycles. The molecule has 0 aromatic carbocycles. The van der Waals surface area contributed by atoms with E-state index in [2.05, 4.69) is 25.5 Å². The van der Waals surface area contributed by atoms with Crippen LogP contribution < -0.4 is 4.72 Å². The van der Waals surface area contributed by atoms with E-state index < -0.39 is 10.0 Å². The van der Waals surface area contributed by atoms with Gasteiger partial charge in [0.2, 0.25) is 10.0 Å². The lowest BCUT2D eigenvalue weighted by atomic mass is 9.90. The second kappa shape index (κ2) is 5.62. The number of aromatic nitrogens is 2. The van der Waals surface area contributed by atoms with E-state index in [0.717, 1.165) is 32.4 Å². The second-order valence-electron chi connectivity index (χ2n) is 6.86. The van der Waals surface area contributed by atoms with Crippen LogP contribution in [0.1, 0.15) is 50.3 Å². The maximum atomic E-state index is 11.9. The van der Waals surface area contributed by atoms with Crippen LogP contribution in [0.2, 0.25) is 0 Å². The van der Waals surface area contributed by atoms with Crippen LogP contribution in [0, 0.1) is 0 Å². The van der Waals surface area contributed by atoms with Crippen molar-refractivity contribution in [1.29, 1.82) is 0 Å². The summed E-state index contributed by atoms with van der Waals surface area (Å²) < 4.78 is 28.7. The molecular weight excluding hydrogens is 300 g/mol. The minimum Gasteiger partial charge on any atom is -0.292 e. The lowest BCUT2D eigenvalue weighted by Gasteiger charge is -2.42. The number of nitrogens with one attached hydrogen (secondary N) is 1. The van der Waals surface area contributed by atoms with E-state index in [1.54, 1.807) is 0 Å². The molecule has 7 heteroatoms. The lowest BCUT2D eigenvalue weighted by molar-refractivity contribution is 0.0733. The van der Waals surface area contributed by atoms with E-state index in [4.69, 9.17) is 0 Å². The standard InChI is InChI=1S/C15H24N4O2S/c20-22(21,15-4-5-15)17-9-7-14-11-18(12-2-1-3-12)10-13-6-8-16-19(13)14/h6,8,12,14-15,17H,1-5,7,9-11H2. The minimum atomic E-state index is -3.07. The van der Waals surface area contributed by atoms with Gasteiger partial charge in [-0.05, 0) is 38.2 Å². The number of rotatable bonds is 6. The smallest absolute Gasteiger partial charge is 0.214 e. The zero-order chi connectivity index (χ0) is 15.2. The Kier molecular flexibility index (Phi) is 3.74. The van der Waals surface area contributed by atoms with Crippen LogP contribution in [-0.2, 0) is 16.6 Å². The van der Waals surface area contributed by atoms with Crippen molar-refractivity contribution in [3.05, 3.63) is 18.0 Å².